The predicted octanol–water partition coefficient (Wildman–Crippen LogP) is 3.04. The summed E-state index contributed by atoms with van der Waals surface area (Å²) in [7, 11) is 0. The molecule has 1 heterocycles. The van der Waals surface area contributed by atoms with Gasteiger partial charge in [0.05, 0.1) is 5.92 Å². The maximum Gasteiger partial charge on any atom is 0.394 e. The smallest absolute Gasteiger partial charge is 0.315 e. The molecule has 1 saturated heterocycles. The highest BCUT2D eigenvalue weighted by Crippen LogP contribution is 2.29. The van der Waals surface area contributed by atoms with E-state index in [1.807, 2.05) is 4.90 Å². The van der Waals surface area contributed by atoms with Crippen molar-refractivity contribution in [3.8, 4) is 0 Å². The van der Waals surface area contributed by atoms with Crippen LogP contribution < -0.4 is 5.32 Å². The number of nitrogens with zero attached hydrogens (tertiary/aromatic N) is 1. The van der Waals surface area contributed by atoms with Crippen molar-refractivity contribution in [2.75, 3.05) is 32.7 Å². The van der Waals surface area contributed by atoms with Crippen molar-refractivity contribution in [2.45, 2.75) is 44.7 Å². The van der Waals surface area contributed by atoms with E-state index in [-0.39, 0.29) is 13.1 Å². The summed E-state index contributed by atoms with van der Waals surface area (Å²) in [5.74, 6) is -0.370. The molecule has 0 amide bonds. The lowest BCUT2D eigenvalue weighted by molar-refractivity contribution is -0.175. The van der Waals surface area contributed by atoms with Gasteiger partial charge in [-0.15, -0.1) is 0 Å². The number of nitrogens with one attached hydrogen (secondary N) is 1. The molecule has 2 aliphatic rings. The van der Waals surface area contributed by atoms with Crippen LogP contribution in [0, 0.1) is 11.8 Å². The first-order chi connectivity index (χ1) is 9.05. The Hall–Kier alpha value is -0.290. The van der Waals surface area contributed by atoms with Crippen LogP contribution in [0.15, 0.2) is 0 Å². The molecule has 112 valence electrons. The molecule has 1 N–H and O–H groups in total. The van der Waals surface area contributed by atoms with Crippen molar-refractivity contribution in [3.05, 3.63) is 0 Å². The summed E-state index contributed by atoms with van der Waals surface area (Å²) >= 11 is 0. The molecule has 1 aliphatic heterocycles. The minimum Gasteiger partial charge on any atom is -0.315 e. The summed E-state index contributed by atoms with van der Waals surface area (Å²) in [5.41, 5.74) is 0. The Kier molecular flexibility index (Phi) is 5.51. The molecule has 5 heteroatoms. The average molecular weight is 278 g/mol. The SMILES string of the molecule is FC(F)(F)C1CNCCN(CCCC2CCCC2)C1. The summed E-state index contributed by atoms with van der Waals surface area (Å²) in [6.45, 7) is 2.49. The first kappa shape index (κ1) is 15.1. The van der Waals surface area contributed by atoms with Crippen molar-refractivity contribution in [1.29, 1.82) is 0 Å². The molecule has 1 saturated carbocycles. The van der Waals surface area contributed by atoms with Gasteiger partial charge in [-0.05, 0) is 25.3 Å². The third-order valence-corrected chi connectivity index (χ3v) is 4.50. The van der Waals surface area contributed by atoms with E-state index in [0.717, 1.165) is 25.4 Å². The summed E-state index contributed by atoms with van der Waals surface area (Å²) < 4.78 is 38.4. The van der Waals surface area contributed by atoms with E-state index in [4.69, 9.17) is 0 Å². The minimum atomic E-state index is -4.07. The molecule has 0 aromatic rings. The lowest BCUT2D eigenvalue weighted by atomic mass is 10.0. The van der Waals surface area contributed by atoms with Gasteiger partial charge < -0.3 is 10.2 Å². The van der Waals surface area contributed by atoms with Crippen LogP contribution in [0.1, 0.15) is 38.5 Å². The Bertz CT molecular complexity index is 262. The Morgan fingerprint density at radius 3 is 2.58 bits per heavy atom. The van der Waals surface area contributed by atoms with Gasteiger partial charge in [-0.3, -0.25) is 0 Å². The number of alkyl halides is 3. The second-order valence-electron chi connectivity index (χ2n) is 6.04. The lowest BCUT2D eigenvalue weighted by Crippen LogP contribution is -2.38. The predicted molar refractivity (Wildman–Crippen MR) is 70.0 cm³/mol. The van der Waals surface area contributed by atoms with Gasteiger partial charge in [0.25, 0.3) is 0 Å². The zero-order valence-corrected chi connectivity index (χ0v) is 11.5. The van der Waals surface area contributed by atoms with Crippen LogP contribution in [0.2, 0.25) is 0 Å². The fourth-order valence-corrected chi connectivity index (χ4v) is 3.31. The number of halogens is 3. The second kappa shape index (κ2) is 6.93. The summed E-state index contributed by atoms with van der Waals surface area (Å²) in [6, 6.07) is 0. The van der Waals surface area contributed by atoms with Gasteiger partial charge in [0.15, 0.2) is 0 Å². The lowest BCUT2D eigenvalue weighted by Gasteiger charge is -2.25. The molecule has 19 heavy (non-hydrogen) atoms. The zero-order chi connectivity index (χ0) is 13.7. The summed E-state index contributed by atoms with van der Waals surface area (Å²) in [5, 5.41) is 2.90. The molecule has 0 aromatic heterocycles. The number of hydrogen-bond donors (Lipinski definition) is 1. The topological polar surface area (TPSA) is 15.3 Å². The maximum absolute atomic E-state index is 12.8. The van der Waals surface area contributed by atoms with Gasteiger partial charge in [0.1, 0.15) is 0 Å². The second-order valence-corrected chi connectivity index (χ2v) is 6.04. The van der Waals surface area contributed by atoms with Crippen molar-refractivity contribution in [2.24, 2.45) is 11.8 Å². The third-order valence-electron chi connectivity index (χ3n) is 4.50. The van der Waals surface area contributed by atoms with Gasteiger partial charge in [-0.2, -0.15) is 13.2 Å². The standard InChI is InChI=1S/C14H25F3N2/c15-14(16,17)13-10-18-7-9-19(11-13)8-3-6-12-4-1-2-5-12/h12-13,18H,1-11H2. The van der Waals surface area contributed by atoms with Crippen LogP contribution in [0.4, 0.5) is 13.2 Å². The highest BCUT2D eigenvalue weighted by Gasteiger charge is 2.40. The summed E-state index contributed by atoms with van der Waals surface area (Å²) in [4.78, 5) is 1.99. The maximum atomic E-state index is 12.8. The van der Waals surface area contributed by atoms with Crippen LogP contribution in [0.5, 0.6) is 0 Å². The van der Waals surface area contributed by atoms with Crippen molar-refractivity contribution in [1.82, 2.24) is 10.2 Å². The molecule has 0 aromatic carbocycles. The normalized spacial score (nSPS) is 27.6. The molecule has 0 bridgehead atoms. The molecule has 0 radical (unpaired) electrons. The van der Waals surface area contributed by atoms with E-state index < -0.39 is 12.1 Å². The molecule has 1 atom stereocenters. The van der Waals surface area contributed by atoms with Crippen molar-refractivity contribution >= 4 is 0 Å². The molecule has 1 unspecified atom stereocenters. The molecule has 2 rings (SSSR count). The van der Waals surface area contributed by atoms with Crippen LogP contribution in [0.3, 0.4) is 0 Å². The quantitative estimate of drug-likeness (QED) is 0.850. The van der Waals surface area contributed by atoms with Gasteiger partial charge in [-0.1, -0.05) is 25.7 Å². The van der Waals surface area contributed by atoms with E-state index in [1.165, 1.54) is 32.1 Å². The third kappa shape index (κ3) is 4.95. The Morgan fingerprint density at radius 2 is 1.89 bits per heavy atom. The number of hydrogen-bond acceptors (Lipinski definition) is 2. The molecular formula is C14H25F3N2. The first-order valence-corrected chi connectivity index (χ1v) is 7.55. The largest absolute Gasteiger partial charge is 0.394 e. The molecule has 1 aliphatic carbocycles. The van der Waals surface area contributed by atoms with Crippen molar-refractivity contribution < 1.29 is 13.2 Å². The van der Waals surface area contributed by atoms with E-state index in [2.05, 4.69) is 5.32 Å². The highest BCUT2D eigenvalue weighted by atomic mass is 19.4. The first-order valence-electron chi connectivity index (χ1n) is 7.55. The van der Waals surface area contributed by atoms with Gasteiger partial charge >= 0.3 is 6.18 Å². The summed E-state index contributed by atoms with van der Waals surface area (Å²) in [6.07, 6.45) is 3.51. The van der Waals surface area contributed by atoms with E-state index in [1.54, 1.807) is 0 Å². The number of rotatable bonds is 4. The monoisotopic (exact) mass is 278 g/mol. The van der Waals surface area contributed by atoms with Gasteiger partial charge in [-0.25, -0.2) is 0 Å². The van der Waals surface area contributed by atoms with E-state index >= 15 is 0 Å². The van der Waals surface area contributed by atoms with Crippen LogP contribution in [-0.2, 0) is 0 Å². The average Bonchev–Trinajstić information content (AvgIpc) is 2.72. The molecular weight excluding hydrogens is 253 g/mol. The molecule has 0 spiro atoms. The van der Waals surface area contributed by atoms with E-state index in [0.29, 0.717) is 6.54 Å². The van der Waals surface area contributed by atoms with Gasteiger partial charge in [0, 0.05) is 26.2 Å². The Labute approximate surface area is 113 Å². The Morgan fingerprint density at radius 1 is 1.16 bits per heavy atom. The highest BCUT2D eigenvalue weighted by molar-refractivity contribution is 4.79. The van der Waals surface area contributed by atoms with Gasteiger partial charge in [0.2, 0.25) is 0 Å². The molecule has 2 nitrogen and oxygen atoms in total. The molecule has 2 fully saturated rings. The minimum absolute atomic E-state index is 0.0720. The van der Waals surface area contributed by atoms with Crippen LogP contribution in [-0.4, -0.2) is 43.8 Å². The van der Waals surface area contributed by atoms with Crippen LogP contribution in [0.25, 0.3) is 0 Å². The van der Waals surface area contributed by atoms with Crippen molar-refractivity contribution in [3.63, 3.8) is 0 Å². The van der Waals surface area contributed by atoms with Crippen LogP contribution >= 0.6 is 0 Å². The Balaban J connectivity index is 1.72. The fourth-order valence-electron chi connectivity index (χ4n) is 3.31. The zero-order valence-electron chi connectivity index (χ0n) is 11.5. The fraction of sp³-hybridized carbons (Fsp3) is 1.00. The van der Waals surface area contributed by atoms with E-state index in [9.17, 15) is 13.2 Å².